The molecule has 0 aromatic carbocycles. The van der Waals surface area contributed by atoms with Crippen molar-refractivity contribution in [2.45, 2.75) is 37.9 Å². The summed E-state index contributed by atoms with van der Waals surface area (Å²) in [6.45, 7) is 7.42. The molecular weight excluding hydrogens is 364 g/mol. The van der Waals surface area contributed by atoms with Gasteiger partial charge in [0.1, 0.15) is 0 Å². The van der Waals surface area contributed by atoms with Gasteiger partial charge in [0.05, 0.1) is 6.61 Å². The minimum atomic E-state index is 0.0154. The van der Waals surface area contributed by atoms with E-state index in [-0.39, 0.29) is 5.91 Å². The molecule has 1 N–H and O–H groups in total. The van der Waals surface area contributed by atoms with Gasteiger partial charge >= 0.3 is 0 Å². The highest BCUT2D eigenvalue weighted by molar-refractivity contribution is 8.10. The number of rotatable bonds is 0. The summed E-state index contributed by atoms with van der Waals surface area (Å²) in [7, 11) is 0. The summed E-state index contributed by atoms with van der Waals surface area (Å²) in [5, 5.41) is 5.68. The summed E-state index contributed by atoms with van der Waals surface area (Å²) in [5.41, 5.74) is 1.68. The first-order valence-corrected chi connectivity index (χ1v) is 11.1. The van der Waals surface area contributed by atoms with Crippen LogP contribution in [0.1, 0.15) is 38.2 Å². The zero-order valence-electron chi connectivity index (χ0n) is 15.2. The summed E-state index contributed by atoms with van der Waals surface area (Å²) in [4.78, 5) is 17.5. The maximum absolute atomic E-state index is 12.3. The second-order valence-electron chi connectivity index (χ2n) is 6.80. The molecule has 1 fully saturated rings. The molecule has 0 unspecified atom stereocenters. The number of amides is 1. The number of nitrogens with zero attached hydrogens (tertiary/aromatic N) is 1. The number of thioether (sulfide) groups is 2. The lowest BCUT2D eigenvalue weighted by Gasteiger charge is -2.28. The van der Waals surface area contributed by atoms with E-state index < -0.39 is 0 Å². The molecule has 1 saturated carbocycles. The van der Waals surface area contributed by atoms with Crippen LogP contribution in [0.3, 0.4) is 0 Å². The molecule has 4 rings (SSSR count). The molecular formula is C20H26N2O2S2. The third kappa shape index (κ3) is 5.55. The molecule has 0 saturated heterocycles. The first kappa shape index (κ1) is 19.4. The maximum Gasteiger partial charge on any atom is 0.247 e. The summed E-state index contributed by atoms with van der Waals surface area (Å²) >= 11 is 3.46. The number of hydrogen-bond donors (Lipinski definition) is 1. The highest BCUT2D eigenvalue weighted by atomic mass is 32.2. The van der Waals surface area contributed by atoms with Gasteiger partial charge in [-0.25, -0.2) is 4.98 Å². The van der Waals surface area contributed by atoms with Gasteiger partial charge in [0, 0.05) is 40.3 Å². The molecule has 0 atom stereocenters. The smallest absolute Gasteiger partial charge is 0.247 e. The zero-order chi connectivity index (χ0) is 18.4. The third-order valence-corrected chi connectivity index (χ3v) is 7.16. The Balaban J connectivity index is 1.72. The van der Waals surface area contributed by atoms with Crippen molar-refractivity contribution in [3.05, 3.63) is 41.5 Å². The van der Waals surface area contributed by atoms with Crippen molar-refractivity contribution in [3.8, 4) is 5.88 Å². The maximum atomic E-state index is 12.3. The number of fused-ring (bicyclic) bond motifs is 10. The predicted molar refractivity (Wildman–Crippen MR) is 111 cm³/mol. The first-order valence-electron chi connectivity index (χ1n) is 9.13. The molecule has 4 bridgehead atoms. The van der Waals surface area contributed by atoms with Crippen LogP contribution in [-0.4, -0.2) is 35.0 Å². The van der Waals surface area contributed by atoms with E-state index in [0.29, 0.717) is 29.2 Å². The van der Waals surface area contributed by atoms with Crippen molar-refractivity contribution in [1.82, 2.24) is 10.3 Å². The Bertz CT molecular complexity index is 682. The molecule has 140 valence electrons. The van der Waals surface area contributed by atoms with Crippen LogP contribution < -0.4 is 10.1 Å². The van der Waals surface area contributed by atoms with Crippen LogP contribution in [0.5, 0.6) is 5.88 Å². The van der Waals surface area contributed by atoms with Gasteiger partial charge < -0.3 is 10.1 Å². The van der Waals surface area contributed by atoms with Crippen molar-refractivity contribution in [1.29, 1.82) is 0 Å². The average Bonchev–Trinajstić information content (AvgIpc) is 2.67. The van der Waals surface area contributed by atoms with Crippen LogP contribution in [0, 0.1) is 5.92 Å². The highest BCUT2D eigenvalue weighted by Crippen LogP contribution is 2.32. The number of carbonyl (C=O) groups excluding carboxylic acids is 1. The average molecular weight is 391 g/mol. The van der Waals surface area contributed by atoms with E-state index in [1.807, 2.05) is 36.2 Å². The lowest BCUT2D eigenvalue weighted by atomic mass is 9.89. The van der Waals surface area contributed by atoms with E-state index >= 15 is 0 Å². The quantitative estimate of drug-likeness (QED) is 0.707. The molecule has 3 aliphatic rings. The van der Waals surface area contributed by atoms with Gasteiger partial charge in [-0.2, -0.15) is 11.8 Å². The second kappa shape index (κ2) is 9.51. The summed E-state index contributed by atoms with van der Waals surface area (Å²) in [5.74, 6) is 2.23. The van der Waals surface area contributed by atoms with Gasteiger partial charge in [-0.05, 0) is 55.6 Å². The van der Waals surface area contributed by atoms with Crippen LogP contribution in [0.2, 0.25) is 0 Å². The van der Waals surface area contributed by atoms with Gasteiger partial charge in [-0.15, -0.1) is 0 Å². The number of aromatic nitrogens is 1. The van der Waals surface area contributed by atoms with Crippen molar-refractivity contribution in [2.24, 2.45) is 5.92 Å². The Kier molecular flexibility index (Phi) is 7.08. The Hall–Kier alpha value is -1.40. The topological polar surface area (TPSA) is 51.2 Å². The largest absolute Gasteiger partial charge is 0.477 e. The normalized spacial score (nSPS) is 27.5. The molecule has 1 aliphatic carbocycles. The first-order chi connectivity index (χ1) is 12.6. The summed E-state index contributed by atoms with van der Waals surface area (Å²) < 4.78 is 5.82. The molecule has 1 amide bonds. The van der Waals surface area contributed by atoms with E-state index in [0.717, 1.165) is 22.8 Å². The fourth-order valence-electron chi connectivity index (χ4n) is 3.18. The molecule has 4 nitrogen and oxygen atoms in total. The lowest BCUT2D eigenvalue weighted by Crippen LogP contribution is -2.32. The van der Waals surface area contributed by atoms with E-state index in [2.05, 4.69) is 16.9 Å². The van der Waals surface area contributed by atoms with Crippen LogP contribution in [0.4, 0.5) is 0 Å². The fourth-order valence-corrected chi connectivity index (χ4v) is 4.99. The van der Waals surface area contributed by atoms with Gasteiger partial charge in [-0.3, -0.25) is 4.79 Å². The van der Waals surface area contributed by atoms with E-state index in [1.54, 1.807) is 6.20 Å². The molecule has 1 aromatic rings. The summed E-state index contributed by atoms with van der Waals surface area (Å²) in [6, 6.07) is 3.83. The Morgan fingerprint density at radius 1 is 1.31 bits per heavy atom. The molecule has 3 heterocycles. The standard InChI is InChI=1S/C20H26N2O2S2/c1-14-13-26-15(2)17-7-8-21-19(11-17)24-9-10-25-18-5-3-16(4-6-18)12-22-20(14)23/h7-8,11,13,16,18H,2-6,9-10,12H2,1H3,(H,22,23)/b14-13+. The van der Waals surface area contributed by atoms with Gasteiger partial charge in [-0.1, -0.05) is 18.3 Å². The van der Waals surface area contributed by atoms with E-state index in [9.17, 15) is 4.79 Å². The van der Waals surface area contributed by atoms with E-state index in [1.165, 1.54) is 37.4 Å². The highest BCUT2D eigenvalue weighted by Gasteiger charge is 2.22. The predicted octanol–water partition coefficient (Wildman–Crippen LogP) is 4.49. The zero-order valence-corrected chi connectivity index (χ0v) is 16.8. The van der Waals surface area contributed by atoms with Crippen molar-refractivity contribution < 1.29 is 9.53 Å². The molecule has 0 radical (unpaired) electrons. The van der Waals surface area contributed by atoms with E-state index in [4.69, 9.17) is 4.74 Å². The number of ether oxygens (including phenoxy) is 1. The second-order valence-corrected chi connectivity index (χ2v) is 9.17. The SMILES string of the molecule is C=C1S/C=C(\C)C(=O)NCC2CCC(CC2)SCCOc2cc1ccn2. The molecule has 26 heavy (non-hydrogen) atoms. The van der Waals surface area contributed by atoms with Crippen molar-refractivity contribution in [2.75, 3.05) is 18.9 Å². The minimum Gasteiger partial charge on any atom is -0.477 e. The van der Waals surface area contributed by atoms with Crippen molar-refractivity contribution in [3.63, 3.8) is 0 Å². The van der Waals surface area contributed by atoms with Gasteiger partial charge in [0.15, 0.2) is 0 Å². The lowest BCUT2D eigenvalue weighted by molar-refractivity contribution is -0.117. The Morgan fingerprint density at radius 2 is 2.12 bits per heavy atom. The van der Waals surface area contributed by atoms with Gasteiger partial charge in [0.25, 0.3) is 0 Å². The van der Waals surface area contributed by atoms with Crippen LogP contribution >= 0.6 is 23.5 Å². The summed E-state index contributed by atoms with van der Waals surface area (Å²) in [6.07, 6.45) is 6.58. The molecule has 0 spiro atoms. The van der Waals surface area contributed by atoms with Crippen LogP contribution in [0.25, 0.3) is 4.91 Å². The monoisotopic (exact) mass is 390 g/mol. The van der Waals surface area contributed by atoms with Crippen molar-refractivity contribution >= 4 is 34.3 Å². The minimum absolute atomic E-state index is 0.0154. The third-order valence-electron chi connectivity index (χ3n) is 4.82. The number of carbonyl (C=O) groups is 1. The molecule has 1 aromatic heterocycles. The molecule has 6 heteroatoms. The number of nitrogens with one attached hydrogen (secondary N) is 1. The Morgan fingerprint density at radius 3 is 2.92 bits per heavy atom. The number of pyridine rings is 1. The van der Waals surface area contributed by atoms with Gasteiger partial charge in [0.2, 0.25) is 11.8 Å². The fraction of sp³-hybridized carbons (Fsp3) is 0.500. The molecule has 2 aliphatic heterocycles. The number of hydrogen-bond acceptors (Lipinski definition) is 5. The van der Waals surface area contributed by atoms with Crippen LogP contribution in [-0.2, 0) is 4.79 Å². The van der Waals surface area contributed by atoms with Crippen LogP contribution in [0.15, 0.2) is 35.9 Å². The Labute approximate surface area is 164 Å².